The average molecular weight is 388 g/mol. The van der Waals surface area contributed by atoms with Crippen molar-refractivity contribution >= 4 is 40.7 Å². The van der Waals surface area contributed by atoms with Crippen LogP contribution in [-0.2, 0) is 6.54 Å². The summed E-state index contributed by atoms with van der Waals surface area (Å²) in [7, 11) is 0. The lowest BCUT2D eigenvalue weighted by atomic mass is 10.2. The monoisotopic (exact) mass is 387 g/mol. The molecule has 3 aromatic rings. The molecule has 0 fully saturated rings. The molecule has 1 aromatic heterocycles. The van der Waals surface area contributed by atoms with Gasteiger partial charge < -0.3 is 10.2 Å². The van der Waals surface area contributed by atoms with Gasteiger partial charge in [-0.3, -0.25) is 0 Å². The van der Waals surface area contributed by atoms with Crippen LogP contribution in [0.3, 0.4) is 0 Å². The lowest BCUT2D eigenvalue weighted by Gasteiger charge is -2.27. The van der Waals surface area contributed by atoms with Gasteiger partial charge in [0.15, 0.2) is 5.82 Å². The first kappa shape index (κ1) is 18.4. The molecule has 0 saturated heterocycles. The van der Waals surface area contributed by atoms with Crippen LogP contribution in [0.2, 0.25) is 10.0 Å². The summed E-state index contributed by atoms with van der Waals surface area (Å²) in [6.07, 6.45) is 1.66. The summed E-state index contributed by atoms with van der Waals surface area (Å²) in [5.41, 5.74) is 1.84. The van der Waals surface area contributed by atoms with Crippen molar-refractivity contribution in [3.63, 3.8) is 0 Å². The highest BCUT2D eigenvalue weighted by Gasteiger charge is 2.15. The molecule has 2 aromatic carbocycles. The van der Waals surface area contributed by atoms with Gasteiger partial charge in [0, 0.05) is 17.6 Å². The molecule has 0 unspecified atom stereocenters. The minimum atomic E-state index is 0.245. The molecule has 3 rings (SSSR count). The summed E-state index contributed by atoms with van der Waals surface area (Å²) in [4.78, 5) is 6.76. The maximum atomic E-state index is 6.20. The molecule has 26 heavy (non-hydrogen) atoms. The standard InChI is InChI=1S/C19H19Cl2N5/c1-13(2)26(12-14-6-4-3-5-7-14)18-11-22-25-19(24-18)23-17-10-15(20)8-9-16(17)21/h3-11,13H,12H2,1-2H3,(H,23,24,25). The van der Waals surface area contributed by atoms with Crippen LogP contribution in [0.4, 0.5) is 17.5 Å². The fourth-order valence-corrected chi connectivity index (χ4v) is 2.85. The smallest absolute Gasteiger partial charge is 0.249 e. The number of rotatable bonds is 6. The van der Waals surface area contributed by atoms with E-state index in [0.717, 1.165) is 12.4 Å². The van der Waals surface area contributed by atoms with Gasteiger partial charge in [-0.05, 0) is 37.6 Å². The normalized spacial score (nSPS) is 10.8. The fraction of sp³-hybridized carbons (Fsp3) is 0.211. The Morgan fingerprint density at radius 2 is 1.85 bits per heavy atom. The number of nitrogens with zero attached hydrogens (tertiary/aromatic N) is 4. The summed E-state index contributed by atoms with van der Waals surface area (Å²) in [5, 5.41) is 12.3. The second kappa shape index (κ2) is 8.34. The maximum Gasteiger partial charge on any atom is 0.249 e. The van der Waals surface area contributed by atoms with Crippen LogP contribution in [0.1, 0.15) is 19.4 Å². The maximum absolute atomic E-state index is 6.20. The van der Waals surface area contributed by atoms with Crippen LogP contribution in [0.5, 0.6) is 0 Å². The minimum Gasteiger partial charge on any atom is -0.348 e. The van der Waals surface area contributed by atoms with Gasteiger partial charge in [0.05, 0.1) is 16.9 Å². The van der Waals surface area contributed by atoms with Gasteiger partial charge >= 0.3 is 0 Å². The molecule has 0 atom stereocenters. The van der Waals surface area contributed by atoms with E-state index in [-0.39, 0.29) is 6.04 Å². The Morgan fingerprint density at radius 3 is 2.58 bits per heavy atom. The molecule has 0 amide bonds. The molecule has 1 heterocycles. The number of hydrogen-bond donors (Lipinski definition) is 1. The molecule has 1 N–H and O–H groups in total. The van der Waals surface area contributed by atoms with E-state index < -0.39 is 0 Å². The van der Waals surface area contributed by atoms with Crippen molar-refractivity contribution in [2.24, 2.45) is 0 Å². The first-order chi connectivity index (χ1) is 12.5. The molecule has 0 saturated carbocycles. The second-order valence-corrected chi connectivity index (χ2v) is 6.94. The predicted molar refractivity (Wildman–Crippen MR) is 107 cm³/mol. The largest absolute Gasteiger partial charge is 0.348 e. The third kappa shape index (κ3) is 4.62. The summed E-state index contributed by atoms with van der Waals surface area (Å²) >= 11 is 12.2. The molecular weight excluding hydrogens is 369 g/mol. The zero-order valence-electron chi connectivity index (χ0n) is 14.5. The number of benzene rings is 2. The Kier molecular flexibility index (Phi) is 5.91. The first-order valence-corrected chi connectivity index (χ1v) is 9.01. The van der Waals surface area contributed by atoms with Crippen molar-refractivity contribution in [3.8, 4) is 0 Å². The van der Waals surface area contributed by atoms with E-state index in [1.54, 1.807) is 24.4 Å². The van der Waals surface area contributed by atoms with Gasteiger partial charge in [-0.1, -0.05) is 53.5 Å². The zero-order chi connectivity index (χ0) is 18.5. The van der Waals surface area contributed by atoms with Crippen molar-refractivity contribution in [2.75, 3.05) is 10.2 Å². The highest BCUT2D eigenvalue weighted by Crippen LogP contribution is 2.28. The van der Waals surface area contributed by atoms with E-state index in [4.69, 9.17) is 23.2 Å². The number of aromatic nitrogens is 3. The van der Waals surface area contributed by atoms with Gasteiger partial charge in [0.25, 0.3) is 0 Å². The Hall–Kier alpha value is -2.37. The highest BCUT2D eigenvalue weighted by molar-refractivity contribution is 6.35. The van der Waals surface area contributed by atoms with Crippen LogP contribution < -0.4 is 10.2 Å². The third-order valence-corrected chi connectivity index (χ3v) is 4.40. The van der Waals surface area contributed by atoms with Crippen molar-refractivity contribution in [1.82, 2.24) is 15.2 Å². The number of anilines is 3. The molecule has 0 aliphatic rings. The summed E-state index contributed by atoms with van der Waals surface area (Å²) < 4.78 is 0. The van der Waals surface area contributed by atoms with Crippen molar-refractivity contribution in [1.29, 1.82) is 0 Å². The summed E-state index contributed by atoms with van der Waals surface area (Å²) in [5.74, 6) is 1.10. The van der Waals surface area contributed by atoms with Crippen LogP contribution >= 0.6 is 23.2 Å². The molecule has 0 bridgehead atoms. The van der Waals surface area contributed by atoms with Crippen molar-refractivity contribution < 1.29 is 0 Å². The minimum absolute atomic E-state index is 0.245. The lowest BCUT2D eigenvalue weighted by Crippen LogP contribution is -2.31. The van der Waals surface area contributed by atoms with Gasteiger partial charge in [-0.25, -0.2) is 0 Å². The lowest BCUT2D eigenvalue weighted by molar-refractivity contribution is 0.668. The third-order valence-electron chi connectivity index (χ3n) is 3.83. The zero-order valence-corrected chi connectivity index (χ0v) is 16.0. The van der Waals surface area contributed by atoms with E-state index in [1.165, 1.54) is 5.56 Å². The van der Waals surface area contributed by atoms with E-state index in [2.05, 4.69) is 51.4 Å². The predicted octanol–water partition coefficient (Wildman–Crippen LogP) is 5.34. The number of halogens is 2. The Morgan fingerprint density at radius 1 is 1.08 bits per heavy atom. The van der Waals surface area contributed by atoms with E-state index in [1.807, 2.05) is 18.2 Å². The second-order valence-electron chi connectivity index (χ2n) is 6.09. The van der Waals surface area contributed by atoms with Crippen LogP contribution in [0.25, 0.3) is 0 Å². The molecule has 7 heteroatoms. The highest BCUT2D eigenvalue weighted by atomic mass is 35.5. The molecule has 0 spiro atoms. The van der Waals surface area contributed by atoms with Crippen LogP contribution in [-0.4, -0.2) is 21.2 Å². The molecule has 0 radical (unpaired) electrons. The fourth-order valence-electron chi connectivity index (χ4n) is 2.51. The van der Waals surface area contributed by atoms with Gasteiger partial charge in [0.1, 0.15) is 0 Å². The summed E-state index contributed by atoms with van der Waals surface area (Å²) in [6.45, 7) is 4.96. The van der Waals surface area contributed by atoms with E-state index in [0.29, 0.717) is 21.7 Å². The summed E-state index contributed by atoms with van der Waals surface area (Å²) in [6, 6.07) is 15.7. The molecule has 134 valence electrons. The average Bonchev–Trinajstić information content (AvgIpc) is 2.63. The molecule has 5 nitrogen and oxygen atoms in total. The molecule has 0 aliphatic carbocycles. The van der Waals surface area contributed by atoms with Crippen molar-refractivity contribution in [3.05, 3.63) is 70.3 Å². The number of nitrogens with one attached hydrogen (secondary N) is 1. The van der Waals surface area contributed by atoms with Gasteiger partial charge in [-0.15, -0.1) is 5.10 Å². The molecule has 0 aliphatic heterocycles. The SMILES string of the molecule is CC(C)N(Cc1ccccc1)c1cnnc(Nc2cc(Cl)ccc2Cl)n1. The topological polar surface area (TPSA) is 53.9 Å². The van der Waals surface area contributed by atoms with Gasteiger partial charge in [0.2, 0.25) is 5.95 Å². The number of hydrogen-bond acceptors (Lipinski definition) is 5. The van der Waals surface area contributed by atoms with Crippen LogP contribution in [0, 0.1) is 0 Å². The van der Waals surface area contributed by atoms with Gasteiger partial charge in [-0.2, -0.15) is 10.1 Å². The Bertz CT molecular complexity index is 871. The molecular formula is C19H19Cl2N5. The van der Waals surface area contributed by atoms with E-state index in [9.17, 15) is 0 Å². The Balaban J connectivity index is 1.85. The first-order valence-electron chi connectivity index (χ1n) is 8.25. The van der Waals surface area contributed by atoms with Crippen LogP contribution in [0.15, 0.2) is 54.7 Å². The van der Waals surface area contributed by atoms with E-state index >= 15 is 0 Å². The van der Waals surface area contributed by atoms with Crippen molar-refractivity contribution in [2.45, 2.75) is 26.4 Å². The quantitative estimate of drug-likeness (QED) is 0.618. The Labute approximate surface area is 163 Å².